The first-order valence-corrected chi connectivity index (χ1v) is 6.32. The third kappa shape index (κ3) is 2.16. The number of carboxylic acid groups (broad SMARTS) is 1. The van der Waals surface area contributed by atoms with Crippen LogP contribution in [0.15, 0.2) is 24.3 Å². The molecule has 0 spiro atoms. The second-order valence-electron chi connectivity index (χ2n) is 3.86. The Hall–Kier alpha value is -1.16. The number of hydrogen-bond acceptors (Lipinski definition) is 3. The minimum Gasteiger partial charge on any atom is -0.497 e. The van der Waals surface area contributed by atoms with E-state index in [0.717, 1.165) is 17.1 Å². The number of carbonyl (C=O) groups is 1. The maximum absolute atomic E-state index is 11.1. The van der Waals surface area contributed by atoms with Crippen molar-refractivity contribution >= 4 is 17.7 Å². The molecule has 1 aromatic rings. The molecule has 16 heavy (non-hydrogen) atoms. The summed E-state index contributed by atoms with van der Waals surface area (Å²) in [5.74, 6) is 1.61. The van der Waals surface area contributed by atoms with Gasteiger partial charge in [-0.15, -0.1) is 0 Å². The molecule has 1 N–H and O–H groups in total. The molecule has 0 aliphatic carbocycles. The van der Waals surface area contributed by atoms with Crippen LogP contribution in [0.25, 0.3) is 0 Å². The van der Waals surface area contributed by atoms with Gasteiger partial charge in [0.1, 0.15) is 5.75 Å². The number of ether oxygens (including phenoxy) is 1. The maximum Gasteiger partial charge on any atom is 0.307 e. The molecule has 1 fully saturated rings. The van der Waals surface area contributed by atoms with Crippen molar-refractivity contribution in [3.05, 3.63) is 29.8 Å². The van der Waals surface area contributed by atoms with Gasteiger partial charge in [-0.1, -0.05) is 12.1 Å². The van der Waals surface area contributed by atoms with E-state index in [-0.39, 0.29) is 11.8 Å². The fourth-order valence-electron chi connectivity index (χ4n) is 1.98. The van der Waals surface area contributed by atoms with Gasteiger partial charge in [-0.2, -0.15) is 11.8 Å². The van der Waals surface area contributed by atoms with Crippen molar-refractivity contribution in [3.8, 4) is 5.75 Å². The van der Waals surface area contributed by atoms with Crippen LogP contribution in [0, 0.1) is 5.92 Å². The third-order valence-corrected chi connectivity index (χ3v) is 4.13. The fourth-order valence-corrected chi connectivity index (χ4v) is 3.42. The van der Waals surface area contributed by atoms with E-state index in [0.29, 0.717) is 5.75 Å². The summed E-state index contributed by atoms with van der Waals surface area (Å²) in [7, 11) is 1.63. The summed E-state index contributed by atoms with van der Waals surface area (Å²) < 4.78 is 5.08. The predicted molar refractivity (Wildman–Crippen MR) is 64.2 cm³/mol. The fraction of sp³-hybridized carbons (Fsp3) is 0.417. The summed E-state index contributed by atoms with van der Waals surface area (Å²) in [5.41, 5.74) is 1.10. The molecule has 0 radical (unpaired) electrons. The quantitative estimate of drug-likeness (QED) is 0.877. The highest BCUT2D eigenvalue weighted by atomic mass is 32.2. The molecule has 1 aromatic carbocycles. The molecule has 2 unspecified atom stereocenters. The molecule has 0 aromatic heterocycles. The van der Waals surface area contributed by atoms with Crippen LogP contribution in [0.5, 0.6) is 5.75 Å². The van der Waals surface area contributed by atoms with Crippen LogP contribution >= 0.6 is 11.8 Å². The highest BCUT2D eigenvalue weighted by Gasteiger charge is 2.34. The van der Waals surface area contributed by atoms with Gasteiger partial charge in [0.25, 0.3) is 0 Å². The first kappa shape index (κ1) is 11.3. The van der Waals surface area contributed by atoms with E-state index in [1.807, 2.05) is 24.3 Å². The van der Waals surface area contributed by atoms with E-state index < -0.39 is 5.97 Å². The Morgan fingerprint density at radius 3 is 2.62 bits per heavy atom. The molecule has 2 atom stereocenters. The topological polar surface area (TPSA) is 46.5 Å². The van der Waals surface area contributed by atoms with E-state index in [1.165, 1.54) is 0 Å². The van der Waals surface area contributed by atoms with E-state index in [9.17, 15) is 4.79 Å². The summed E-state index contributed by atoms with van der Waals surface area (Å²) in [4.78, 5) is 11.1. The Bertz CT molecular complexity index is 374. The summed E-state index contributed by atoms with van der Waals surface area (Å²) in [5, 5.41) is 9.11. The van der Waals surface area contributed by atoms with E-state index in [4.69, 9.17) is 9.84 Å². The van der Waals surface area contributed by atoms with Crippen molar-refractivity contribution in [1.29, 1.82) is 0 Å². The molecular weight excluding hydrogens is 224 g/mol. The van der Waals surface area contributed by atoms with Gasteiger partial charge in [0.15, 0.2) is 0 Å². The van der Waals surface area contributed by atoms with Gasteiger partial charge in [-0.25, -0.2) is 0 Å². The van der Waals surface area contributed by atoms with Gasteiger partial charge >= 0.3 is 5.97 Å². The first-order chi connectivity index (χ1) is 7.72. The van der Waals surface area contributed by atoms with Gasteiger partial charge in [-0.05, 0) is 17.7 Å². The summed E-state index contributed by atoms with van der Waals surface area (Å²) in [6.07, 6.45) is 0. The third-order valence-electron chi connectivity index (χ3n) is 2.94. The first-order valence-electron chi connectivity index (χ1n) is 5.17. The molecule has 1 aliphatic heterocycles. The lowest BCUT2D eigenvalue weighted by molar-refractivity contribution is -0.141. The normalized spacial score (nSPS) is 24.3. The molecule has 86 valence electrons. The van der Waals surface area contributed by atoms with Crippen LogP contribution in [-0.4, -0.2) is 29.7 Å². The van der Waals surface area contributed by atoms with Gasteiger partial charge in [-0.3, -0.25) is 4.79 Å². The largest absolute Gasteiger partial charge is 0.497 e. The number of aliphatic carboxylic acids is 1. The summed E-state index contributed by atoms with van der Waals surface area (Å²) in [6, 6.07) is 7.70. The van der Waals surface area contributed by atoms with Crippen LogP contribution in [0.1, 0.15) is 11.5 Å². The number of carboxylic acids is 1. The van der Waals surface area contributed by atoms with Gasteiger partial charge < -0.3 is 9.84 Å². The van der Waals surface area contributed by atoms with E-state index in [1.54, 1.807) is 18.9 Å². The average Bonchev–Trinajstić information content (AvgIpc) is 2.78. The molecule has 1 aliphatic rings. The minimum atomic E-state index is -0.689. The predicted octanol–water partition coefficient (Wildman–Crippen LogP) is 2.23. The molecule has 2 rings (SSSR count). The molecule has 0 saturated carbocycles. The molecule has 0 bridgehead atoms. The maximum atomic E-state index is 11.1. The zero-order chi connectivity index (χ0) is 11.5. The second kappa shape index (κ2) is 4.78. The zero-order valence-corrected chi connectivity index (χ0v) is 9.87. The molecule has 1 heterocycles. The highest BCUT2D eigenvalue weighted by Crippen LogP contribution is 2.38. The molecule has 0 amide bonds. The monoisotopic (exact) mass is 238 g/mol. The van der Waals surface area contributed by atoms with Gasteiger partial charge in [0, 0.05) is 17.4 Å². The summed E-state index contributed by atoms with van der Waals surface area (Å²) >= 11 is 1.71. The molecular formula is C12H14O3S. The van der Waals surface area contributed by atoms with Gasteiger partial charge in [0.2, 0.25) is 0 Å². The average molecular weight is 238 g/mol. The number of hydrogen-bond donors (Lipinski definition) is 1. The van der Waals surface area contributed by atoms with Crippen molar-refractivity contribution in [1.82, 2.24) is 0 Å². The zero-order valence-electron chi connectivity index (χ0n) is 9.05. The lowest BCUT2D eigenvalue weighted by Gasteiger charge is -2.15. The van der Waals surface area contributed by atoms with Crippen molar-refractivity contribution in [2.24, 2.45) is 5.92 Å². The van der Waals surface area contributed by atoms with Crippen molar-refractivity contribution in [2.45, 2.75) is 5.92 Å². The number of methoxy groups -OCH3 is 1. The number of benzene rings is 1. The van der Waals surface area contributed by atoms with Crippen LogP contribution < -0.4 is 4.74 Å². The Balaban J connectivity index is 2.19. The van der Waals surface area contributed by atoms with Crippen LogP contribution in [-0.2, 0) is 4.79 Å². The van der Waals surface area contributed by atoms with Crippen LogP contribution in [0.4, 0.5) is 0 Å². The van der Waals surface area contributed by atoms with Crippen molar-refractivity contribution < 1.29 is 14.6 Å². The lowest BCUT2D eigenvalue weighted by Crippen LogP contribution is -2.20. The van der Waals surface area contributed by atoms with Crippen LogP contribution in [0.3, 0.4) is 0 Å². The highest BCUT2D eigenvalue weighted by molar-refractivity contribution is 7.99. The lowest BCUT2D eigenvalue weighted by atomic mass is 9.89. The Kier molecular flexibility index (Phi) is 3.39. The number of rotatable bonds is 3. The minimum absolute atomic E-state index is 0.133. The molecule has 4 heteroatoms. The van der Waals surface area contributed by atoms with Crippen molar-refractivity contribution in [2.75, 3.05) is 18.6 Å². The van der Waals surface area contributed by atoms with Crippen LogP contribution in [0.2, 0.25) is 0 Å². The Labute approximate surface area is 98.8 Å². The Morgan fingerprint density at radius 2 is 2.06 bits per heavy atom. The number of thioether (sulfide) groups is 1. The second-order valence-corrected chi connectivity index (χ2v) is 4.94. The molecule has 3 nitrogen and oxygen atoms in total. The summed E-state index contributed by atoms with van der Waals surface area (Å²) in [6.45, 7) is 0. The van der Waals surface area contributed by atoms with Crippen molar-refractivity contribution in [3.63, 3.8) is 0 Å². The standard InChI is InChI=1S/C12H14O3S/c1-15-9-4-2-8(3-5-9)10-6-16-7-11(10)12(13)14/h2-5,10-11H,6-7H2,1H3,(H,13,14). The molecule has 1 saturated heterocycles. The smallest absolute Gasteiger partial charge is 0.307 e. The van der Waals surface area contributed by atoms with E-state index >= 15 is 0 Å². The van der Waals surface area contributed by atoms with Gasteiger partial charge in [0.05, 0.1) is 13.0 Å². The SMILES string of the molecule is COc1ccc(C2CSCC2C(=O)O)cc1. The van der Waals surface area contributed by atoms with E-state index in [2.05, 4.69) is 0 Å². The Morgan fingerprint density at radius 1 is 1.38 bits per heavy atom.